The van der Waals surface area contributed by atoms with Gasteiger partial charge >= 0.3 is 23.2 Å². The van der Waals surface area contributed by atoms with Crippen molar-refractivity contribution in [3.05, 3.63) is 72.9 Å². The molecule has 0 fully saturated rings. The summed E-state index contributed by atoms with van der Waals surface area (Å²) in [5.74, 6) is -1.17. The Morgan fingerprint density at radius 1 is 0.905 bits per heavy atom. The predicted molar refractivity (Wildman–Crippen MR) is 142 cm³/mol. The van der Waals surface area contributed by atoms with Gasteiger partial charge in [-0.2, -0.15) is 0 Å². The van der Waals surface area contributed by atoms with Crippen molar-refractivity contribution in [3.63, 3.8) is 0 Å². The van der Waals surface area contributed by atoms with Crippen molar-refractivity contribution in [3.8, 4) is 0 Å². The van der Waals surface area contributed by atoms with Gasteiger partial charge in [0.05, 0.1) is 18.0 Å². The molecule has 42 heavy (non-hydrogen) atoms. The van der Waals surface area contributed by atoms with Crippen LogP contribution >= 0.6 is 0 Å². The summed E-state index contributed by atoms with van der Waals surface area (Å²) in [6.45, 7) is 5.75. The average molecular weight is 776 g/mol. The van der Waals surface area contributed by atoms with E-state index in [9.17, 15) is 22.8 Å². The van der Waals surface area contributed by atoms with Crippen molar-refractivity contribution in [1.29, 1.82) is 0 Å². The number of unbranched alkanes of at least 4 members (excludes halogenated alkanes) is 2. The van der Waals surface area contributed by atoms with Crippen LogP contribution < -0.4 is 10.5 Å². The Morgan fingerprint density at radius 2 is 1.40 bits per heavy atom. The van der Waals surface area contributed by atoms with Crippen LogP contribution in [0.5, 0.6) is 0 Å². The third-order valence-electron chi connectivity index (χ3n) is 5.83. The molecule has 17 heteroatoms. The first-order valence-corrected chi connectivity index (χ1v) is 13.8. The van der Waals surface area contributed by atoms with Crippen molar-refractivity contribution in [2.75, 3.05) is 13.1 Å². The molecule has 3 rings (SSSR count). The van der Waals surface area contributed by atoms with Crippen molar-refractivity contribution in [2.45, 2.75) is 50.3 Å². The van der Waals surface area contributed by atoms with Crippen LogP contribution in [0, 0.1) is 6.65 Å². The van der Waals surface area contributed by atoms with Gasteiger partial charge in [0, 0.05) is 57.3 Å². The predicted octanol–water partition coefficient (Wildman–Crippen LogP) is 0.459. The largest absolute Gasteiger partial charge is 0 e. The molecule has 0 unspecified atom stereocenters. The molecular weight excluding hydrogens is 745 g/mol. The number of carboxylic acid groups (broad SMARTS) is 2. The van der Waals surface area contributed by atoms with Gasteiger partial charge in [-0.3, -0.25) is 19.3 Å². The molecular formula is C25H31N7O8ReS. The van der Waals surface area contributed by atoms with E-state index >= 15 is 0 Å². The summed E-state index contributed by atoms with van der Waals surface area (Å²) in [5.41, 5.74) is 0.322. The first kappa shape index (κ1) is 36.3. The number of sulfonamides is 1. The van der Waals surface area contributed by atoms with Gasteiger partial charge < -0.3 is 24.7 Å². The maximum absolute atomic E-state index is 12.3. The number of aliphatic carboxylic acids is 2. The SMILES string of the molecule is NS(=O)(=O)c1ccc(C(=O)NCCCCCN(Cc2nccn2CC(=O)O)Cc2nccn2CC(=O)O)cc1.[C-]#[O+].[Re]. The molecule has 0 saturated heterocycles. The minimum absolute atomic E-state index is 0. The zero-order chi connectivity index (χ0) is 30.4. The molecule has 15 nitrogen and oxygen atoms in total. The van der Waals surface area contributed by atoms with Crippen molar-refractivity contribution in [1.82, 2.24) is 29.3 Å². The van der Waals surface area contributed by atoms with Crippen LogP contribution in [0.15, 0.2) is 53.9 Å². The summed E-state index contributed by atoms with van der Waals surface area (Å²) in [4.78, 5) is 45.2. The standard InChI is InChI=1S/C24H31N7O7S.CO.Re/c25-39(37,38)19-6-4-18(5-7-19)24(36)28-8-2-1-3-11-29(14-20-26-9-12-30(20)16-22(32)33)15-21-27-10-13-31(21)17-23(34)35;1-2;/h4-7,9-10,12-13H,1-3,8,11,14-17H2,(H,28,36)(H,32,33)(H,34,35)(H2,25,37,38);;. The molecule has 5 N–H and O–H groups in total. The number of nitrogens with one attached hydrogen (secondary N) is 1. The van der Waals surface area contributed by atoms with E-state index in [1.807, 2.05) is 4.90 Å². The Morgan fingerprint density at radius 3 is 1.86 bits per heavy atom. The van der Waals surface area contributed by atoms with Crippen LogP contribution in [0.25, 0.3) is 0 Å². The number of amides is 1. The maximum atomic E-state index is 12.3. The molecule has 3 aromatic rings. The van der Waals surface area contributed by atoms with E-state index in [1.54, 1.807) is 21.5 Å². The van der Waals surface area contributed by atoms with Crippen LogP contribution in [-0.4, -0.2) is 73.6 Å². The number of carbonyl (C=O) groups is 3. The van der Waals surface area contributed by atoms with Gasteiger partial charge in [-0.05, 0) is 43.7 Å². The summed E-state index contributed by atoms with van der Waals surface area (Å²) in [7, 11) is -3.83. The summed E-state index contributed by atoms with van der Waals surface area (Å²) in [6, 6.07) is 5.36. The van der Waals surface area contributed by atoms with E-state index in [0.29, 0.717) is 49.8 Å². The first-order chi connectivity index (χ1) is 19.5. The third kappa shape index (κ3) is 12.1. The molecule has 0 aliphatic carbocycles. The maximum Gasteiger partial charge on any atom is 0 e. The fourth-order valence-corrected chi connectivity index (χ4v) is 4.43. The van der Waals surface area contributed by atoms with E-state index in [0.717, 1.165) is 12.8 Å². The summed E-state index contributed by atoms with van der Waals surface area (Å²) in [6.07, 6.45) is 8.47. The number of hydrogen-bond donors (Lipinski definition) is 4. The van der Waals surface area contributed by atoms with Crippen LogP contribution in [0.4, 0.5) is 0 Å². The molecule has 0 bridgehead atoms. The molecule has 1 aromatic carbocycles. The van der Waals surface area contributed by atoms with E-state index < -0.39 is 22.0 Å². The molecule has 2 heterocycles. The summed E-state index contributed by atoms with van der Waals surface area (Å²) < 4.78 is 33.3. The summed E-state index contributed by atoms with van der Waals surface area (Å²) >= 11 is 0. The number of hydrogen-bond acceptors (Lipinski definition) is 8. The molecule has 2 aromatic heterocycles. The minimum atomic E-state index is -3.83. The smallest absolute Gasteiger partial charge is 0 e. The van der Waals surface area contributed by atoms with Gasteiger partial charge in [0.2, 0.25) is 10.0 Å². The number of benzene rings is 1. The van der Waals surface area contributed by atoms with Crippen LogP contribution in [0.2, 0.25) is 0 Å². The molecule has 227 valence electrons. The molecule has 0 saturated carbocycles. The number of nitrogens with zero attached hydrogens (tertiary/aromatic N) is 5. The van der Waals surface area contributed by atoms with Crippen molar-refractivity contribution >= 4 is 27.9 Å². The normalized spacial score (nSPS) is 10.8. The Balaban J connectivity index is 0.00000288. The third-order valence-corrected chi connectivity index (χ3v) is 6.76. The second kappa shape index (κ2) is 18.0. The molecule has 0 aliphatic rings. The molecule has 0 spiro atoms. The fraction of sp³-hybridized carbons (Fsp3) is 0.360. The second-order valence-electron chi connectivity index (χ2n) is 8.83. The van der Waals surface area contributed by atoms with Gasteiger partial charge in [-0.1, -0.05) is 6.42 Å². The van der Waals surface area contributed by atoms with Crippen molar-refractivity contribution in [2.24, 2.45) is 5.14 Å². The van der Waals surface area contributed by atoms with Gasteiger partial charge in [0.25, 0.3) is 5.91 Å². The number of carboxylic acids is 2. The average Bonchev–Trinajstić information content (AvgIpc) is 3.54. The first-order valence-electron chi connectivity index (χ1n) is 12.3. The molecule has 1 amide bonds. The van der Waals surface area contributed by atoms with E-state index in [2.05, 4.69) is 21.9 Å². The van der Waals surface area contributed by atoms with Crippen LogP contribution in [0.1, 0.15) is 41.3 Å². The molecule has 1 radical (unpaired) electrons. The van der Waals surface area contributed by atoms with Gasteiger partial charge in [0.15, 0.2) is 0 Å². The number of imidazole rings is 2. The molecule has 0 atom stereocenters. The van der Waals surface area contributed by atoms with E-state index in [1.165, 1.54) is 36.7 Å². The topological polar surface area (TPSA) is 223 Å². The summed E-state index contributed by atoms with van der Waals surface area (Å²) in [5, 5.41) is 26.2. The number of nitrogens with two attached hydrogens (primary N) is 1. The number of carbonyl (C=O) groups excluding carboxylic acids is 1. The van der Waals surface area contributed by atoms with Gasteiger partial charge in [-0.25, -0.2) is 23.5 Å². The zero-order valence-electron chi connectivity index (χ0n) is 22.4. The number of primary sulfonamides is 1. The Kier molecular flexibility index (Phi) is 15.6. The number of rotatable bonds is 16. The monoisotopic (exact) mass is 776 g/mol. The fourth-order valence-electron chi connectivity index (χ4n) is 3.91. The second-order valence-corrected chi connectivity index (χ2v) is 10.4. The van der Waals surface area contributed by atoms with Crippen molar-refractivity contribution < 1.29 is 58.1 Å². The quantitative estimate of drug-likeness (QED) is 0.0894. The number of aromatic nitrogens is 4. The zero-order valence-corrected chi connectivity index (χ0v) is 26.0. The van der Waals surface area contributed by atoms with E-state index in [4.69, 9.17) is 20.0 Å². The van der Waals surface area contributed by atoms with Gasteiger partial charge in [-0.15, -0.1) is 0 Å². The minimum Gasteiger partial charge on any atom is 0 e. The van der Waals surface area contributed by atoms with E-state index in [-0.39, 0.29) is 44.3 Å². The Bertz CT molecular complexity index is 1380. The Labute approximate surface area is 256 Å². The molecule has 0 aliphatic heterocycles. The van der Waals surface area contributed by atoms with Crippen LogP contribution in [0.3, 0.4) is 0 Å². The Hall–Kier alpha value is -3.68. The van der Waals surface area contributed by atoms with Gasteiger partial charge in [0.1, 0.15) is 24.7 Å². The van der Waals surface area contributed by atoms with Crippen LogP contribution in [-0.2, 0) is 70.9 Å².